The van der Waals surface area contributed by atoms with Crippen molar-refractivity contribution in [2.75, 3.05) is 7.11 Å². The number of rotatable bonds is 2. The van der Waals surface area contributed by atoms with Crippen LogP contribution in [0.5, 0.6) is 5.75 Å². The van der Waals surface area contributed by atoms with Crippen molar-refractivity contribution in [3.8, 4) is 5.75 Å². The molecule has 0 atom stereocenters. The van der Waals surface area contributed by atoms with E-state index >= 15 is 0 Å². The molecule has 82 valence electrons. The SMILES string of the molecule is COc1c(C)ccc(C2(N)CCC2)c1Cl. The van der Waals surface area contributed by atoms with Crippen LogP contribution in [0.4, 0.5) is 0 Å². The van der Waals surface area contributed by atoms with E-state index in [1.54, 1.807) is 7.11 Å². The topological polar surface area (TPSA) is 35.2 Å². The number of benzene rings is 1. The summed E-state index contributed by atoms with van der Waals surface area (Å²) in [6.07, 6.45) is 3.21. The lowest BCUT2D eigenvalue weighted by Crippen LogP contribution is -2.43. The summed E-state index contributed by atoms with van der Waals surface area (Å²) < 4.78 is 5.29. The first-order valence-electron chi connectivity index (χ1n) is 5.21. The Hall–Kier alpha value is -0.730. The molecule has 0 aliphatic heterocycles. The van der Waals surface area contributed by atoms with Crippen molar-refractivity contribution < 1.29 is 4.74 Å². The first-order chi connectivity index (χ1) is 7.08. The third-order valence-electron chi connectivity index (χ3n) is 3.28. The number of methoxy groups -OCH3 is 1. The maximum atomic E-state index is 6.31. The van der Waals surface area contributed by atoms with Crippen molar-refractivity contribution in [3.05, 3.63) is 28.3 Å². The average molecular weight is 226 g/mol. The highest BCUT2D eigenvalue weighted by Crippen LogP contribution is 2.45. The van der Waals surface area contributed by atoms with Crippen molar-refractivity contribution in [1.29, 1.82) is 0 Å². The van der Waals surface area contributed by atoms with Crippen molar-refractivity contribution in [2.45, 2.75) is 31.7 Å². The van der Waals surface area contributed by atoms with Gasteiger partial charge in [-0.3, -0.25) is 0 Å². The normalized spacial score (nSPS) is 18.4. The molecule has 2 nitrogen and oxygen atoms in total. The molecular formula is C12H16ClNO. The Morgan fingerprint density at radius 2 is 2.07 bits per heavy atom. The van der Waals surface area contributed by atoms with E-state index in [1.807, 2.05) is 19.1 Å². The molecule has 0 spiro atoms. The van der Waals surface area contributed by atoms with Gasteiger partial charge in [-0.1, -0.05) is 23.7 Å². The Morgan fingerprint density at radius 3 is 2.53 bits per heavy atom. The molecule has 1 saturated carbocycles. The fourth-order valence-corrected chi connectivity index (χ4v) is 2.59. The molecular weight excluding hydrogens is 210 g/mol. The molecule has 0 heterocycles. The lowest BCUT2D eigenvalue weighted by molar-refractivity contribution is 0.252. The summed E-state index contributed by atoms with van der Waals surface area (Å²) in [7, 11) is 1.64. The van der Waals surface area contributed by atoms with Crippen LogP contribution in [0, 0.1) is 6.92 Å². The summed E-state index contributed by atoms with van der Waals surface area (Å²) in [6.45, 7) is 1.98. The van der Waals surface area contributed by atoms with E-state index in [9.17, 15) is 0 Å². The summed E-state index contributed by atoms with van der Waals surface area (Å²) in [4.78, 5) is 0. The summed E-state index contributed by atoms with van der Waals surface area (Å²) >= 11 is 6.31. The van der Waals surface area contributed by atoms with Crippen LogP contribution in [0.15, 0.2) is 12.1 Å². The Morgan fingerprint density at radius 1 is 1.40 bits per heavy atom. The van der Waals surface area contributed by atoms with Gasteiger partial charge in [-0.25, -0.2) is 0 Å². The van der Waals surface area contributed by atoms with E-state index < -0.39 is 0 Å². The van der Waals surface area contributed by atoms with Crippen molar-refractivity contribution in [3.63, 3.8) is 0 Å². The minimum absolute atomic E-state index is 0.224. The number of aryl methyl sites for hydroxylation is 1. The fourth-order valence-electron chi connectivity index (χ4n) is 2.11. The Kier molecular flexibility index (Phi) is 2.65. The molecule has 3 heteroatoms. The van der Waals surface area contributed by atoms with Gasteiger partial charge in [0.25, 0.3) is 0 Å². The first kappa shape index (κ1) is 10.8. The summed E-state index contributed by atoms with van der Waals surface area (Å²) in [5, 5.41) is 0.680. The van der Waals surface area contributed by atoms with Crippen molar-refractivity contribution in [2.24, 2.45) is 5.73 Å². The quantitative estimate of drug-likeness (QED) is 0.840. The zero-order chi connectivity index (χ0) is 11.1. The standard InChI is InChI=1S/C12H16ClNO/c1-8-4-5-9(10(13)11(8)15-2)12(14)6-3-7-12/h4-5H,3,6-7,14H2,1-2H3. The lowest BCUT2D eigenvalue weighted by atomic mass is 9.72. The second kappa shape index (κ2) is 3.69. The van der Waals surface area contributed by atoms with Crippen molar-refractivity contribution in [1.82, 2.24) is 0 Å². The third kappa shape index (κ3) is 1.62. The van der Waals surface area contributed by atoms with Crippen LogP contribution in [-0.4, -0.2) is 7.11 Å². The Balaban J connectivity index is 2.49. The highest BCUT2D eigenvalue weighted by Gasteiger charge is 2.36. The van der Waals surface area contributed by atoms with E-state index in [4.69, 9.17) is 22.1 Å². The molecule has 0 radical (unpaired) electrons. The van der Waals surface area contributed by atoms with Crippen LogP contribution in [0.2, 0.25) is 5.02 Å². The molecule has 1 aliphatic carbocycles. The molecule has 0 bridgehead atoms. The average Bonchev–Trinajstić information content (AvgIpc) is 2.15. The monoisotopic (exact) mass is 225 g/mol. The van der Waals surface area contributed by atoms with Crippen molar-refractivity contribution >= 4 is 11.6 Å². The Labute approximate surface area is 95.4 Å². The molecule has 0 unspecified atom stereocenters. The van der Waals surface area contributed by atoms with Gasteiger partial charge >= 0.3 is 0 Å². The fraction of sp³-hybridized carbons (Fsp3) is 0.500. The van der Waals surface area contributed by atoms with E-state index in [2.05, 4.69) is 0 Å². The molecule has 15 heavy (non-hydrogen) atoms. The van der Waals surface area contributed by atoms with Gasteiger partial charge in [-0.05, 0) is 37.3 Å². The smallest absolute Gasteiger partial charge is 0.140 e. The highest BCUT2D eigenvalue weighted by atomic mass is 35.5. The van der Waals surface area contributed by atoms with Gasteiger partial charge < -0.3 is 10.5 Å². The molecule has 1 aromatic carbocycles. The van der Waals surface area contributed by atoms with E-state index in [0.29, 0.717) is 5.02 Å². The molecule has 2 rings (SSSR count). The maximum Gasteiger partial charge on any atom is 0.140 e. The van der Waals surface area contributed by atoms with Crippen LogP contribution in [0.3, 0.4) is 0 Å². The zero-order valence-corrected chi connectivity index (χ0v) is 9.90. The second-order valence-corrected chi connectivity index (χ2v) is 4.66. The molecule has 0 saturated heterocycles. The molecule has 1 aromatic rings. The summed E-state index contributed by atoms with van der Waals surface area (Å²) in [6, 6.07) is 4.05. The number of halogens is 1. The number of hydrogen-bond acceptors (Lipinski definition) is 2. The number of ether oxygens (including phenoxy) is 1. The molecule has 2 N–H and O–H groups in total. The van der Waals surface area contributed by atoms with Crippen LogP contribution in [0.1, 0.15) is 30.4 Å². The van der Waals surface area contributed by atoms with Gasteiger partial charge in [0.1, 0.15) is 5.75 Å². The maximum absolute atomic E-state index is 6.31. The van der Waals surface area contributed by atoms with Gasteiger partial charge in [0, 0.05) is 5.54 Å². The van der Waals surface area contributed by atoms with E-state index in [0.717, 1.165) is 29.7 Å². The van der Waals surface area contributed by atoms with Gasteiger partial charge in [0.05, 0.1) is 12.1 Å². The molecule has 1 fully saturated rings. The molecule has 0 aromatic heterocycles. The predicted molar refractivity (Wildman–Crippen MR) is 62.5 cm³/mol. The summed E-state index contributed by atoms with van der Waals surface area (Å²) in [5.41, 5.74) is 8.11. The van der Waals surface area contributed by atoms with Gasteiger partial charge in [0.15, 0.2) is 0 Å². The zero-order valence-electron chi connectivity index (χ0n) is 9.14. The van der Waals surface area contributed by atoms with Crippen LogP contribution >= 0.6 is 11.6 Å². The summed E-state index contributed by atoms with van der Waals surface area (Å²) in [5.74, 6) is 0.755. The van der Waals surface area contributed by atoms with Gasteiger partial charge in [0.2, 0.25) is 0 Å². The third-order valence-corrected chi connectivity index (χ3v) is 3.66. The van der Waals surface area contributed by atoms with E-state index in [-0.39, 0.29) is 5.54 Å². The lowest BCUT2D eigenvalue weighted by Gasteiger charge is -2.39. The molecule has 1 aliphatic rings. The largest absolute Gasteiger partial charge is 0.495 e. The van der Waals surface area contributed by atoms with Crippen LogP contribution in [-0.2, 0) is 5.54 Å². The number of hydrogen-bond donors (Lipinski definition) is 1. The van der Waals surface area contributed by atoms with Crippen LogP contribution in [0.25, 0.3) is 0 Å². The van der Waals surface area contributed by atoms with Gasteiger partial charge in [-0.2, -0.15) is 0 Å². The minimum atomic E-state index is -0.224. The Bertz CT molecular complexity index is 385. The number of nitrogens with two attached hydrogens (primary N) is 1. The molecule has 0 amide bonds. The first-order valence-corrected chi connectivity index (χ1v) is 5.59. The van der Waals surface area contributed by atoms with Crippen LogP contribution < -0.4 is 10.5 Å². The second-order valence-electron chi connectivity index (χ2n) is 4.29. The highest BCUT2D eigenvalue weighted by molar-refractivity contribution is 6.33. The van der Waals surface area contributed by atoms with E-state index in [1.165, 1.54) is 6.42 Å². The van der Waals surface area contributed by atoms with Gasteiger partial charge in [-0.15, -0.1) is 0 Å². The minimum Gasteiger partial charge on any atom is -0.495 e. The predicted octanol–water partition coefficient (Wildman–Crippen LogP) is 2.99.